The van der Waals surface area contributed by atoms with Crippen LogP contribution in [0.2, 0.25) is 0 Å². The first-order valence-corrected chi connectivity index (χ1v) is 6.12. The van der Waals surface area contributed by atoms with Crippen molar-refractivity contribution >= 4 is 5.97 Å². The molecular formula is C14H18F3NO2. The molecule has 0 radical (unpaired) electrons. The Labute approximate surface area is 116 Å². The van der Waals surface area contributed by atoms with Crippen LogP contribution in [0.3, 0.4) is 0 Å². The minimum Gasteiger partial charge on any atom is -0.480 e. The molecule has 0 spiro atoms. The summed E-state index contributed by atoms with van der Waals surface area (Å²) in [6.45, 7) is 4.49. The molecule has 0 aliphatic carbocycles. The number of benzene rings is 1. The van der Waals surface area contributed by atoms with Crippen molar-refractivity contribution in [2.24, 2.45) is 0 Å². The lowest BCUT2D eigenvalue weighted by atomic mass is 9.95. The average Bonchev–Trinajstić information content (AvgIpc) is 2.35. The number of hydrogen-bond donors (Lipinski definition) is 1. The molecule has 0 amide bonds. The third-order valence-corrected chi connectivity index (χ3v) is 3.70. The zero-order chi connectivity index (χ0) is 15.7. The van der Waals surface area contributed by atoms with E-state index in [0.717, 1.165) is 6.07 Å². The molecule has 0 saturated carbocycles. The first kappa shape index (κ1) is 16.5. The van der Waals surface area contributed by atoms with E-state index in [-0.39, 0.29) is 5.56 Å². The second kappa shape index (κ2) is 5.44. The van der Waals surface area contributed by atoms with Gasteiger partial charge in [0.15, 0.2) is 0 Å². The summed E-state index contributed by atoms with van der Waals surface area (Å²) in [5, 5.41) is 9.17. The molecular weight excluding hydrogens is 271 g/mol. The molecule has 3 nitrogen and oxygen atoms in total. The monoisotopic (exact) mass is 289 g/mol. The number of hydrogen-bond acceptors (Lipinski definition) is 2. The van der Waals surface area contributed by atoms with E-state index in [9.17, 15) is 23.1 Å². The summed E-state index contributed by atoms with van der Waals surface area (Å²) in [7, 11) is 1.51. The highest BCUT2D eigenvalue weighted by atomic mass is 19.4. The van der Waals surface area contributed by atoms with Crippen molar-refractivity contribution in [1.82, 2.24) is 4.90 Å². The maximum atomic E-state index is 13.0. The number of halogens is 3. The topological polar surface area (TPSA) is 40.5 Å². The van der Waals surface area contributed by atoms with Crippen LogP contribution < -0.4 is 0 Å². The van der Waals surface area contributed by atoms with Gasteiger partial charge in [-0.2, -0.15) is 13.2 Å². The van der Waals surface area contributed by atoms with Gasteiger partial charge in [0.2, 0.25) is 0 Å². The summed E-state index contributed by atoms with van der Waals surface area (Å²) in [6, 6.07) is 4.54. The van der Waals surface area contributed by atoms with Gasteiger partial charge in [-0.15, -0.1) is 0 Å². The van der Waals surface area contributed by atoms with Crippen LogP contribution in [0.15, 0.2) is 24.3 Å². The molecule has 0 aliphatic heterocycles. The van der Waals surface area contributed by atoms with Crippen LogP contribution in [0, 0.1) is 0 Å². The van der Waals surface area contributed by atoms with Gasteiger partial charge in [0.25, 0.3) is 0 Å². The van der Waals surface area contributed by atoms with Gasteiger partial charge in [-0.05, 0) is 39.4 Å². The van der Waals surface area contributed by atoms with E-state index in [2.05, 4.69) is 0 Å². The van der Waals surface area contributed by atoms with Crippen LogP contribution in [0.5, 0.6) is 0 Å². The van der Waals surface area contributed by atoms with Crippen molar-refractivity contribution in [1.29, 1.82) is 0 Å². The first-order chi connectivity index (χ1) is 8.99. The summed E-state index contributed by atoms with van der Waals surface area (Å²) in [4.78, 5) is 12.6. The van der Waals surface area contributed by atoms with Crippen LogP contribution in [0.25, 0.3) is 0 Å². The summed E-state index contributed by atoms with van der Waals surface area (Å²) in [6.07, 6.45) is -4.46. The first-order valence-electron chi connectivity index (χ1n) is 6.12. The van der Waals surface area contributed by atoms with E-state index in [0.29, 0.717) is 0 Å². The SMILES string of the molecule is CC(c1ccccc1C(F)(F)F)N(C)C(C)(C)C(=O)O. The Morgan fingerprint density at radius 2 is 1.75 bits per heavy atom. The van der Waals surface area contributed by atoms with Gasteiger partial charge in [-0.3, -0.25) is 9.69 Å². The second-order valence-electron chi connectivity index (χ2n) is 5.24. The maximum Gasteiger partial charge on any atom is 0.416 e. The Morgan fingerprint density at radius 1 is 1.25 bits per heavy atom. The van der Waals surface area contributed by atoms with Gasteiger partial charge >= 0.3 is 12.1 Å². The molecule has 0 aliphatic rings. The summed E-state index contributed by atoms with van der Waals surface area (Å²) in [5.41, 5.74) is -1.93. The molecule has 0 bridgehead atoms. The van der Waals surface area contributed by atoms with Gasteiger partial charge in [0.1, 0.15) is 5.54 Å². The Kier molecular flexibility index (Phi) is 4.49. The van der Waals surface area contributed by atoms with Crippen molar-refractivity contribution in [3.8, 4) is 0 Å². The second-order valence-corrected chi connectivity index (χ2v) is 5.24. The van der Waals surface area contributed by atoms with Crippen molar-refractivity contribution in [2.45, 2.75) is 38.5 Å². The maximum absolute atomic E-state index is 13.0. The fraction of sp³-hybridized carbons (Fsp3) is 0.500. The largest absolute Gasteiger partial charge is 0.480 e. The fourth-order valence-corrected chi connectivity index (χ4v) is 1.96. The number of nitrogens with zero attached hydrogens (tertiary/aromatic N) is 1. The fourth-order valence-electron chi connectivity index (χ4n) is 1.96. The zero-order valence-electron chi connectivity index (χ0n) is 11.8. The highest BCUT2D eigenvalue weighted by molar-refractivity contribution is 5.77. The van der Waals surface area contributed by atoms with Gasteiger partial charge < -0.3 is 5.11 Å². The van der Waals surface area contributed by atoms with E-state index in [1.54, 1.807) is 6.92 Å². The van der Waals surface area contributed by atoms with Gasteiger partial charge in [-0.1, -0.05) is 18.2 Å². The molecule has 1 aromatic rings. The van der Waals surface area contributed by atoms with E-state index >= 15 is 0 Å². The van der Waals surface area contributed by atoms with E-state index in [1.165, 1.54) is 44.0 Å². The van der Waals surface area contributed by atoms with Gasteiger partial charge in [-0.25, -0.2) is 0 Å². The lowest BCUT2D eigenvalue weighted by Gasteiger charge is -2.37. The summed E-state index contributed by atoms with van der Waals surface area (Å²) in [5.74, 6) is -1.09. The Hall–Kier alpha value is -1.56. The zero-order valence-corrected chi connectivity index (χ0v) is 11.8. The highest BCUT2D eigenvalue weighted by Crippen LogP contribution is 2.37. The van der Waals surface area contributed by atoms with Crippen molar-refractivity contribution in [3.63, 3.8) is 0 Å². The molecule has 1 aromatic carbocycles. The minimum atomic E-state index is -4.46. The van der Waals surface area contributed by atoms with Crippen LogP contribution in [-0.4, -0.2) is 28.6 Å². The molecule has 0 fully saturated rings. The van der Waals surface area contributed by atoms with Crippen LogP contribution in [0.4, 0.5) is 13.2 Å². The molecule has 20 heavy (non-hydrogen) atoms. The standard InChI is InChI=1S/C14H18F3NO2/c1-9(18(4)13(2,3)12(19)20)10-7-5-6-8-11(10)14(15,16)17/h5-9H,1-4H3,(H,19,20). The quantitative estimate of drug-likeness (QED) is 0.921. The Morgan fingerprint density at radius 3 is 2.20 bits per heavy atom. The Balaban J connectivity index is 3.23. The molecule has 1 N–H and O–H groups in total. The van der Waals surface area contributed by atoms with Crippen molar-refractivity contribution in [2.75, 3.05) is 7.05 Å². The van der Waals surface area contributed by atoms with Gasteiger partial charge in [0.05, 0.1) is 5.56 Å². The average molecular weight is 289 g/mol. The van der Waals surface area contributed by atoms with E-state index < -0.39 is 29.3 Å². The molecule has 1 unspecified atom stereocenters. The lowest BCUT2D eigenvalue weighted by molar-refractivity contribution is -0.150. The summed E-state index contributed by atoms with van der Waals surface area (Å²) >= 11 is 0. The lowest BCUT2D eigenvalue weighted by Crippen LogP contribution is -2.49. The molecule has 0 heterocycles. The van der Waals surface area contributed by atoms with Crippen molar-refractivity contribution in [3.05, 3.63) is 35.4 Å². The van der Waals surface area contributed by atoms with Gasteiger partial charge in [0, 0.05) is 6.04 Å². The van der Waals surface area contributed by atoms with E-state index in [4.69, 9.17) is 0 Å². The van der Waals surface area contributed by atoms with Crippen LogP contribution >= 0.6 is 0 Å². The number of likely N-dealkylation sites (N-methyl/N-ethyl adjacent to an activating group) is 1. The molecule has 112 valence electrons. The number of carboxylic acid groups (broad SMARTS) is 1. The van der Waals surface area contributed by atoms with Crippen LogP contribution in [0.1, 0.15) is 37.9 Å². The highest BCUT2D eigenvalue weighted by Gasteiger charge is 2.39. The number of carbonyl (C=O) groups is 1. The minimum absolute atomic E-state index is 0.0665. The third kappa shape index (κ3) is 3.12. The number of carboxylic acids is 1. The smallest absolute Gasteiger partial charge is 0.416 e. The predicted molar refractivity (Wildman–Crippen MR) is 69.3 cm³/mol. The summed E-state index contributed by atoms with van der Waals surface area (Å²) < 4.78 is 39.0. The third-order valence-electron chi connectivity index (χ3n) is 3.70. The molecule has 0 saturated heterocycles. The Bertz CT molecular complexity index is 497. The predicted octanol–water partition coefficient (Wildman–Crippen LogP) is 3.56. The van der Waals surface area contributed by atoms with E-state index in [1.807, 2.05) is 0 Å². The number of aliphatic carboxylic acids is 1. The molecule has 1 rings (SSSR count). The number of alkyl halides is 3. The normalized spacial score (nSPS) is 14.4. The van der Waals surface area contributed by atoms with Crippen molar-refractivity contribution < 1.29 is 23.1 Å². The molecule has 1 atom stereocenters. The molecule has 0 aromatic heterocycles. The molecule has 6 heteroatoms. The van der Waals surface area contributed by atoms with Crippen LogP contribution in [-0.2, 0) is 11.0 Å². The number of rotatable bonds is 4.